The number of nitrogens with one attached hydrogen (secondary N) is 2. The molecule has 1 aromatic heterocycles. The van der Waals surface area contributed by atoms with Crippen molar-refractivity contribution in [2.24, 2.45) is 0 Å². The van der Waals surface area contributed by atoms with Crippen LogP contribution in [0.2, 0.25) is 10.0 Å². The van der Waals surface area contributed by atoms with Crippen LogP contribution in [-0.4, -0.2) is 11.0 Å². The maximum absolute atomic E-state index is 12.1. The largest absolute Gasteiger partial charge is 0.323 e. The zero-order valence-electron chi connectivity index (χ0n) is 13.3. The monoisotopic (exact) mass is 361 g/mol. The summed E-state index contributed by atoms with van der Waals surface area (Å²) in [5, 5.41) is 7.25. The smallest absolute Gasteiger partial charge is 0.308 e. The Bertz CT molecular complexity index is 847. The quantitative estimate of drug-likeness (QED) is 0.569. The Morgan fingerprint density at radius 1 is 0.958 bits per heavy atom. The number of para-hydroxylation sites is 1. The molecular formula is C18H17Cl2N3O. The Labute approximate surface area is 150 Å². The van der Waals surface area contributed by atoms with Gasteiger partial charge in [0.15, 0.2) is 0 Å². The lowest BCUT2D eigenvalue weighted by Gasteiger charge is -2.10. The topological polar surface area (TPSA) is 54.0 Å². The van der Waals surface area contributed by atoms with E-state index in [0.717, 1.165) is 10.9 Å². The molecule has 6 heteroatoms. The zero-order chi connectivity index (χ0) is 17.5. The van der Waals surface area contributed by atoms with Crippen LogP contribution < -0.4 is 10.6 Å². The lowest BCUT2D eigenvalue weighted by molar-refractivity contribution is 0.262. The molecule has 0 saturated heterocycles. The van der Waals surface area contributed by atoms with E-state index in [1.54, 1.807) is 30.5 Å². The number of urea groups is 1. The van der Waals surface area contributed by atoms with Gasteiger partial charge in [0.25, 0.3) is 0 Å². The van der Waals surface area contributed by atoms with Crippen molar-refractivity contribution in [3.63, 3.8) is 0 Å². The molecule has 2 amide bonds. The van der Waals surface area contributed by atoms with Gasteiger partial charge in [-0.1, -0.05) is 55.2 Å². The number of hydrogen-bond acceptors (Lipinski definition) is 2. The number of anilines is 2. The first-order chi connectivity index (χ1) is 11.6. The van der Waals surface area contributed by atoms with Crippen LogP contribution in [0.1, 0.15) is 13.8 Å². The van der Waals surface area contributed by atoms with Gasteiger partial charge in [-0.3, -0.25) is 4.98 Å². The molecule has 3 aromatic rings. The van der Waals surface area contributed by atoms with E-state index < -0.39 is 0 Å². The average Bonchev–Trinajstić information content (AvgIpc) is 2.60. The third-order valence-corrected chi connectivity index (χ3v) is 3.80. The third kappa shape index (κ3) is 4.37. The van der Waals surface area contributed by atoms with Crippen molar-refractivity contribution < 1.29 is 4.79 Å². The zero-order valence-corrected chi connectivity index (χ0v) is 14.8. The van der Waals surface area contributed by atoms with Gasteiger partial charge in [-0.25, -0.2) is 4.79 Å². The molecule has 24 heavy (non-hydrogen) atoms. The van der Waals surface area contributed by atoms with Gasteiger partial charge in [0.05, 0.1) is 21.2 Å². The highest BCUT2D eigenvalue weighted by molar-refractivity contribution is 6.42. The molecule has 2 aromatic carbocycles. The average molecular weight is 362 g/mol. The summed E-state index contributed by atoms with van der Waals surface area (Å²) >= 11 is 11.8. The second-order valence-corrected chi connectivity index (χ2v) is 5.40. The minimum Gasteiger partial charge on any atom is -0.308 e. The Morgan fingerprint density at radius 2 is 1.71 bits per heavy atom. The van der Waals surface area contributed by atoms with Crippen molar-refractivity contribution in [2.45, 2.75) is 13.8 Å². The lowest BCUT2D eigenvalue weighted by atomic mass is 10.2. The van der Waals surface area contributed by atoms with Crippen LogP contribution in [0.25, 0.3) is 10.9 Å². The van der Waals surface area contributed by atoms with Gasteiger partial charge in [-0.2, -0.15) is 0 Å². The standard InChI is InChI=1S/C16H11Cl2N3O.C2H6/c17-12-7-6-11(9-13(12)18)20-16(22)21-14-5-1-3-10-4-2-8-19-15(10)14;1-2/h1-9H,(H2,20,21,22);1-2H3. The Hall–Kier alpha value is -2.30. The van der Waals surface area contributed by atoms with E-state index in [-0.39, 0.29) is 6.03 Å². The fourth-order valence-electron chi connectivity index (χ4n) is 2.06. The molecule has 124 valence electrons. The summed E-state index contributed by atoms with van der Waals surface area (Å²) in [5.41, 5.74) is 1.92. The first-order valence-electron chi connectivity index (χ1n) is 7.50. The van der Waals surface area contributed by atoms with Crippen LogP contribution in [0.15, 0.2) is 54.7 Å². The number of carbonyl (C=O) groups excluding carboxylic acids is 1. The van der Waals surface area contributed by atoms with E-state index in [1.165, 1.54) is 0 Å². The second kappa shape index (κ2) is 8.52. The predicted molar refractivity (Wildman–Crippen MR) is 102 cm³/mol. The highest BCUT2D eigenvalue weighted by atomic mass is 35.5. The van der Waals surface area contributed by atoms with Gasteiger partial charge < -0.3 is 10.6 Å². The highest BCUT2D eigenvalue weighted by Gasteiger charge is 2.07. The van der Waals surface area contributed by atoms with Gasteiger partial charge in [0.1, 0.15) is 0 Å². The van der Waals surface area contributed by atoms with Gasteiger partial charge >= 0.3 is 6.03 Å². The molecule has 4 nitrogen and oxygen atoms in total. The van der Waals surface area contributed by atoms with E-state index in [0.29, 0.717) is 21.4 Å². The number of nitrogens with zero attached hydrogens (tertiary/aromatic N) is 1. The molecule has 2 N–H and O–H groups in total. The number of hydrogen-bond donors (Lipinski definition) is 2. The van der Waals surface area contributed by atoms with Gasteiger partial charge in [-0.05, 0) is 30.3 Å². The minimum atomic E-state index is -0.378. The number of rotatable bonds is 2. The number of carbonyl (C=O) groups is 1. The summed E-state index contributed by atoms with van der Waals surface area (Å²) in [4.78, 5) is 16.4. The van der Waals surface area contributed by atoms with E-state index in [2.05, 4.69) is 15.6 Å². The SMILES string of the molecule is CC.O=C(Nc1ccc(Cl)c(Cl)c1)Nc1cccc2cccnc12. The molecule has 1 heterocycles. The Morgan fingerprint density at radius 3 is 2.46 bits per heavy atom. The van der Waals surface area contributed by atoms with Gasteiger partial charge in [0, 0.05) is 17.3 Å². The molecule has 0 radical (unpaired) electrons. The fourth-order valence-corrected chi connectivity index (χ4v) is 2.36. The maximum atomic E-state index is 12.1. The van der Waals surface area contributed by atoms with E-state index in [1.807, 2.05) is 38.1 Å². The summed E-state index contributed by atoms with van der Waals surface area (Å²) in [6.45, 7) is 4.00. The maximum Gasteiger partial charge on any atom is 0.323 e. The number of pyridine rings is 1. The van der Waals surface area contributed by atoms with Crippen LogP contribution in [0.3, 0.4) is 0 Å². The van der Waals surface area contributed by atoms with E-state index in [4.69, 9.17) is 23.2 Å². The molecule has 0 atom stereocenters. The van der Waals surface area contributed by atoms with Crippen molar-refractivity contribution in [3.05, 3.63) is 64.8 Å². The molecule has 0 aliphatic rings. The van der Waals surface area contributed by atoms with Crippen LogP contribution >= 0.6 is 23.2 Å². The normalized spacial score (nSPS) is 9.83. The van der Waals surface area contributed by atoms with Gasteiger partial charge in [-0.15, -0.1) is 0 Å². The molecule has 0 unspecified atom stereocenters. The van der Waals surface area contributed by atoms with Crippen molar-refractivity contribution in [1.82, 2.24) is 4.98 Å². The second-order valence-electron chi connectivity index (χ2n) is 4.59. The summed E-state index contributed by atoms with van der Waals surface area (Å²) in [5.74, 6) is 0. The molecular weight excluding hydrogens is 345 g/mol. The minimum absolute atomic E-state index is 0.378. The molecule has 0 fully saturated rings. The van der Waals surface area contributed by atoms with Crippen molar-refractivity contribution in [3.8, 4) is 0 Å². The number of amides is 2. The summed E-state index contributed by atoms with van der Waals surface area (Å²) in [7, 11) is 0. The number of aromatic nitrogens is 1. The van der Waals surface area contributed by atoms with Gasteiger partial charge in [0.2, 0.25) is 0 Å². The molecule has 0 aliphatic carbocycles. The molecule has 3 rings (SSSR count). The van der Waals surface area contributed by atoms with Crippen molar-refractivity contribution in [1.29, 1.82) is 0 Å². The first-order valence-corrected chi connectivity index (χ1v) is 8.26. The van der Waals surface area contributed by atoms with Crippen LogP contribution in [0, 0.1) is 0 Å². The molecule has 0 saturated carbocycles. The molecule has 0 bridgehead atoms. The van der Waals surface area contributed by atoms with Crippen LogP contribution in [-0.2, 0) is 0 Å². The first kappa shape index (κ1) is 18.0. The van der Waals surface area contributed by atoms with Crippen molar-refractivity contribution in [2.75, 3.05) is 10.6 Å². The third-order valence-electron chi connectivity index (χ3n) is 3.06. The number of benzene rings is 2. The lowest BCUT2D eigenvalue weighted by Crippen LogP contribution is -2.19. The summed E-state index contributed by atoms with van der Waals surface area (Å²) in [6.07, 6.45) is 1.68. The summed E-state index contributed by atoms with van der Waals surface area (Å²) in [6, 6.07) is 13.9. The van der Waals surface area contributed by atoms with Crippen molar-refractivity contribution >= 4 is 51.5 Å². The molecule has 0 aliphatic heterocycles. The van der Waals surface area contributed by atoms with E-state index in [9.17, 15) is 4.79 Å². The number of halogens is 2. The Balaban J connectivity index is 0.00000100. The molecule has 0 spiro atoms. The summed E-state index contributed by atoms with van der Waals surface area (Å²) < 4.78 is 0. The fraction of sp³-hybridized carbons (Fsp3) is 0.111. The predicted octanol–water partition coefficient (Wildman–Crippen LogP) is 6.21. The van der Waals surface area contributed by atoms with E-state index >= 15 is 0 Å². The Kier molecular flexibility index (Phi) is 6.41. The number of fused-ring (bicyclic) bond motifs is 1. The van der Waals surface area contributed by atoms with Crippen LogP contribution in [0.4, 0.5) is 16.2 Å². The van der Waals surface area contributed by atoms with Crippen LogP contribution in [0.5, 0.6) is 0 Å². The highest BCUT2D eigenvalue weighted by Crippen LogP contribution is 2.25.